The van der Waals surface area contributed by atoms with Gasteiger partial charge in [-0.3, -0.25) is 4.79 Å². The van der Waals surface area contributed by atoms with E-state index in [2.05, 4.69) is 5.32 Å². The maximum atomic E-state index is 12.7. The molecule has 2 heterocycles. The van der Waals surface area contributed by atoms with Crippen molar-refractivity contribution in [2.75, 3.05) is 5.32 Å². The largest absolute Gasteiger partial charge is 0.417 e. The molecule has 4 aromatic rings. The highest BCUT2D eigenvalue weighted by molar-refractivity contribution is 6.19. The molecule has 0 saturated carbocycles. The molecule has 0 atom stereocenters. The second kappa shape index (κ2) is 9.07. The van der Waals surface area contributed by atoms with Gasteiger partial charge in [0.1, 0.15) is 12.1 Å². The second-order valence-corrected chi connectivity index (χ2v) is 7.75. The van der Waals surface area contributed by atoms with Crippen LogP contribution < -0.4 is 5.32 Å². The van der Waals surface area contributed by atoms with Gasteiger partial charge in [-0.15, -0.1) is 0 Å². The van der Waals surface area contributed by atoms with Gasteiger partial charge in [0.2, 0.25) is 5.91 Å². The Labute approximate surface area is 195 Å². The molecule has 1 fully saturated rings. The number of nitrogens with zero attached hydrogens (tertiary/aromatic N) is 1. The quantitative estimate of drug-likeness (QED) is 0.274. The third kappa shape index (κ3) is 4.31. The normalized spacial score (nSPS) is 15.5. The molecule has 168 valence electrons. The average Bonchev–Trinajstić information content (AvgIpc) is 3.19. The molecule has 0 radical (unpaired) electrons. The minimum absolute atomic E-state index is 0.0591. The summed E-state index contributed by atoms with van der Waals surface area (Å²) in [6, 6.07) is 25.4. The van der Waals surface area contributed by atoms with Crippen LogP contribution in [0.2, 0.25) is 0 Å². The number of aromatic nitrogens is 1. The number of carbonyl (C=O) groups excluding carboxylic acids is 3. The fourth-order valence-electron chi connectivity index (χ4n) is 3.85. The highest BCUT2D eigenvalue weighted by Gasteiger charge is 2.34. The first kappa shape index (κ1) is 21.2. The third-order valence-corrected chi connectivity index (χ3v) is 5.43. The number of cyclic esters (lactones) is 2. The van der Waals surface area contributed by atoms with Crippen LogP contribution in [-0.4, -0.2) is 22.4 Å². The fraction of sp³-hybridized carbons (Fsp3) is 0.0741. The van der Waals surface area contributed by atoms with Crippen molar-refractivity contribution in [3.63, 3.8) is 0 Å². The highest BCUT2D eigenvalue weighted by atomic mass is 16.7. The van der Waals surface area contributed by atoms with Crippen molar-refractivity contribution in [1.29, 1.82) is 0 Å². The lowest BCUT2D eigenvalue weighted by Gasteiger charge is -2.23. The second-order valence-electron chi connectivity index (χ2n) is 7.75. The van der Waals surface area contributed by atoms with Gasteiger partial charge >= 0.3 is 11.9 Å². The first-order valence-electron chi connectivity index (χ1n) is 10.7. The zero-order chi connectivity index (χ0) is 23.5. The average molecular weight is 452 g/mol. The summed E-state index contributed by atoms with van der Waals surface area (Å²) in [7, 11) is 0. The van der Waals surface area contributed by atoms with Crippen LogP contribution in [-0.2, 0) is 30.4 Å². The van der Waals surface area contributed by atoms with Crippen molar-refractivity contribution < 1.29 is 23.9 Å². The molecule has 1 aromatic heterocycles. The summed E-state index contributed by atoms with van der Waals surface area (Å²) >= 11 is 0. The number of amides is 1. The summed E-state index contributed by atoms with van der Waals surface area (Å²) in [6.07, 6.45) is 2.09. The van der Waals surface area contributed by atoms with E-state index in [0.29, 0.717) is 16.8 Å². The van der Waals surface area contributed by atoms with Gasteiger partial charge in [0, 0.05) is 33.9 Å². The molecule has 1 aliphatic heterocycles. The molecule has 0 spiro atoms. The molecule has 1 saturated heterocycles. The number of carbonyl (C=O) groups is 3. The molecule has 7 nitrogen and oxygen atoms in total. The van der Waals surface area contributed by atoms with Gasteiger partial charge in [-0.25, -0.2) is 9.59 Å². The number of rotatable bonds is 5. The van der Waals surface area contributed by atoms with E-state index in [1.165, 1.54) is 6.08 Å². The number of para-hydroxylation sites is 2. The topological polar surface area (TPSA) is 86.6 Å². The van der Waals surface area contributed by atoms with Crippen molar-refractivity contribution in [2.24, 2.45) is 0 Å². The molecule has 0 unspecified atom stereocenters. The predicted molar refractivity (Wildman–Crippen MR) is 126 cm³/mol. The summed E-state index contributed by atoms with van der Waals surface area (Å²) in [4.78, 5) is 37.9. The van der Waals surface area contributed by atoms with E-state index in [0.717, 1.165) is 10.9 Å². The van der Waals surface area contributed by atoms with Crippen LogP contribution in [0.25, 0.3) is 17.0 Å². The smallest absolute Gasteiger partial charge is 0.348 e. The SMILES string of the molecule is O=C(Cn1cc(C=C2C(=O)OC(c3ccccc3)OC2=O)c2ccccc21)Nc1ccccc1. The molecule has 1 amide bonds. The maximum absolute atomic E-state index is 12.7. The molecule has 5 rings (SSSR count). The highest BCUT2D eigenvalue weighted by Crippen LogP contribution is 2.29. The van der Waals surface area contributed by atoms with Gasteiger partial charge < -0.3 is 19.4 Å². The van der Waals surface area contributed by atoms with Crippen LogP contribution in [0.1, 0.15) is 17.4 Å². The van der Waals surface area contributed by atoms with Crippen LogP contribution in [0.3, 0.4) is 0 Å². The molecular weight excluding hydrogens is 432 g/mol. The molecule has 7 heteroatoms. The Kier molecular flexibility index (Phi) is 5.66. The van der Waals surface area contributed by atoms with Crippen molar-refractivity contribution in [3.8, 4) is 0 Å². The lowest BCUT2D eigenvalue weighted by Crippen LogP contribution is -2.29. The number of esters is 2. The van der Waals surface area contributed by atoms with E-state index in [4.69, 9.17) is 9.47 Å². The Bertz CT molecular complexity index is 1390. The van der Waals surface area contributed by atoms with E-state index >= 15 is 0 Å². The van der Waals surface area contributed by atoms with Gasteiger partial charge in [0.15, 0.2) is 0 Å². The zero-order valence-corrected chi connectivity index (χ0v) is 18.0. The fourth-order valence-corrected chi connectivity index (χ4v) is 3.85. The van der Waals surface area contributed by atoms with E-state index in [1.807, 2.05) is 60.7 Å². The van der Waals surface area contributed by atoms with Crippen LogP contribution in [0, 0.1) is 0 Å². The van der Waals surface area contributed by atoms with E-state index in [9.17, 15) is 14.4 Å². The number of nitrogens with one attached hydrogen (secondary N) is 1. The number of anilines is 1. The minimum Gasteiger partial charge on any atom is -0.417 e. The minimum atomic E-state index is -1.08. The molecule has 0 aliphatic carbocycles. The number of hydrogen-bond donors (Lipinski definition) is 1. The maximum Gasteiger partial charge on any atom is 0.348 e. The van der Waals surface area contributed by atoms with Crippen LogP contribution >= 0.6 is 0 Å². The molecule has 1 N–H and O–H groups in total. The first-order valence-corrected chi connectivity index (χ1v) is 10.7. The first-order chi connectivity index (χ1) is 16.6. The van der Waals surface area contributed by atoms with Crippen molar-refractivity contribution in [3.05, 3.63) is 108 Å². The van der Waals surface area contributed by atoms with Crippen molar-refractivity contribution in [2.45, 2.75) is 12.8 Å². The Morgan fingerprint density at radius 3 is 2.18 bits per heavy atom. The summed E-state index contributed by atoms with van der Waals surface area (Å²) in [5.41, 5.74) is 2.46. The number of ether oxygens (including phenoxy) is 2. The number of fused-ring (bicyclic) bond motifs is 1. The van der Waals surface area contributed by atoms with Gasteiger partial charge in [0.25, 0.3) is 6.29 Å². The Balaban J connectivity index is 1.41. The van der Waals surface area contributed by atoms with E-state index in [1.54, 1.807) is 35.0 Å². The third-order valence-electron chi connectivity index (χ3n) is 5.43. The van der Waals surface area contributed by atoms with Gasteiger partial charge in [-0.05, 0) is 24.3 Å². The lowest BCUT2D eigenvalue weighted by atomic mass is 10.1. The lowest BCUT2D eigenvalue weighted by molar-refractivity contribution is -0.195. The summed E-state index contributed by atoms with van der Waals surface area (Å²) in [5.74, 6) is -1.72. The molecule has 1 aliphatic rings. The van der Waals surface area contributed by atoms with Crippen LogP contribution in [0.5, 0.6) is 0 Å². The van der Waals surface area contributed by atoms with Crippen molar-refractivity contribution >= 4 is 40.5 Å². The molecule has 34 heavy (non-hydrogen) atoms. The standard InChI is InChI=1S/C27H20N2O5/c30-24(28-20-11-5-2-6-12-20)17-29-16-19(21-13-7-8-14-23(21)29)15-22-25(31)33-27(34-26(22)32)18-9-3-1-4-10-18/h1-16,27H,17H2,(H,28,30). The summed E-state index contributed by atoms with van der Waals surface area (Å²) in [6.45, 7) is 0.0591. The zero-order valence-electron chi connectivity index (χ0n) is 18.0. The summed E-state index contributed by atoms with van der Waals surface area (Å²) in [5, 5.41) is 3.64. The molecule has 3 aromatic carbocycles. The predicted octanol–water partition coefficient (Wildman–Crippen LogP) is 4.46. The van der Waals surface area contributed by atoms with Gasteiger partial charge in [-0.1, -0.05) is 66.7 Å². The Hall–Kier alpha value is -4.65. The number of benzene rings is 3. The van der Waals surface area contributed by atoms with Crippen LogP contribution in [0.4, 0.5) is 5.69 Å². The molecule has 0 bridgehead atoms. The van der Waals surface area contributed by atoms with Crippen molar-refractivity contribution in [1.82, 2.24) is 4.57 Å². The van der Waals surface area contributed by atoms with Gasteiger partial charge in [0.05, 0.1) is 0 Å². The van der Waals surface area contributed by atoms with E-state index < -0.39 is 18.2 Å². The Morgan fingerprint density at radius 2 is 1.47 bits per heavy atom. The van der Waals surface area contributed by atoms with E-state index in [-0.39, 0.29) is 18.0 Å². The monoisotopic (exact) mass is 452 g/mol. The van der Waals surface area contributed by atoms with Crippen LogP contribution in [0.15, 0.2) is 96.7 Å². The molecular formula is C27H20N2O5. The van der Waals surface area contributed by atoms with Gasteiger partial charge in [-0.2, -0.15) is 0 Å². The Morgan fingerprint density at radius 1 is 0.853 bits per heavy atom. The number of hydrogen-bond acceptors (Lipinski definition) is 5. The summed E-state index contributed by atoms with van der Waals surface area (Å²) < 4.78 is 12.5.